The first-order valence-electron chi connectivity index (χ1n) is 29.5. The highest BCUT2D eigenvalue weighted by atomic mass is 16.6. The van der Waals surface area contributed by atoms with Crippen molar-refractivity contribution in [2.24, 2.45) is 0 Å². The second-order valence-electron chi connectivity index (χ2n) is 19.1. The summed E-state index contributed by atoms with van der Waals surface area (Å²) in [4.78, 5) is 38.1. The number of hydrogen-bond donors (Lipinski definition) is 0. The number of carbonyl (C=O) groups is 3. The second-order valence-corrected chi connectivity index (χ2v) is 19.1. The number of allylic oxidation sites excluding steroid dienone is 20. The molecule has 0 fully saturated rings. The fraction of sp³-hybridized carbons (Fsp3) is 0.652. The summed E-state index contributed by atoms with van der Waals surface area (Å²) >= 11 is 0. The van der Waals surface area contributed by atoms with Crippen molar-refractivity contribution in [2.45, 2.75) is 264 Å². The Bertz CT molecular complexity index is 1520. The zero-order chi connectivity index (χ0) is 52.2. The molecule has 0 N–H and O–H groups in total. The zero-order valence-electron chi connectivity index (χ0n) is 46.7. The van der Waals surface area contributed by atoms with Crippen molar-refractivity contribution in [1.29, 1.82) is 0 Å². The number of esters is 3. The van der Waals surface area contributed by atoms with Gasteiger partial charge in [-0.3, -0.25) is 14.4 Å². The molecule has 0 radical (unpaired) electrons. The molecule has 0 aliphatic rings. The van der Waals surface area contributed by atoms with Gasteiger partial charge in [-0.25, -0.2) is 0 Å². The predicted octanol–water partition coefficient (Wildman–Crippen LogP) is 20.0. The molecule has 1 unspecified atom stereocenters. The lowest BCUT2D eigenvalue weighted by atomic mass is 10.0. The highest BCUT2D eigenvalue weighted by Crippen LogP contribution is 2.15. The summed E-state index contributed by atoms with van der Waals surface area (Å²) in [5, 5.41) is 0. The number of ether oxygens (including phenoxy) is 3. The molecule has 0 bridgehead atoms. The normalized spacial score (nSPS) is 13.0. The van der Waals surface area contributed by atoms with Crippen molar-refractivity contribution in [3.8, 4) is 0 Å². The topological polar surface area (TPSA) is 78.9 Å². The molecule has 6 heteroatoms. The lowest BCUT2D eigenvalue weighted by Crippen LogP contribution is -2.30. The molecule has 0 rings (SSSR count). The van der Waals surface area contributed by atoms with Gasteiger partial charge in [0, 0.05) is 19.3 Å². The molecule has 1 atom stereocenters. The first-order valence-corrected chi connectivity index (χ1v) is 29.5. The summed E-state index contributed by atoms with van der Waals surface area (Å²) in [6.45, 7) is 6.32. The molecule has 0 amide bonds. The minimum Gasteiger partial charge on any atom is -0.462 e. The van der Waals surface area contributed by atoms with Crippen molar-refractivity contribution in [3.05, 3.63) is 122 Å². The van der Waals surface area contributed by atoms with Crippen LogP contribution in [0.15, 0.2) is 122 Å². The van der Waals surface area contributed by atoms with Crippen LogP contribution in [0.25, 0.3) is 0 Å². The third-order valence-electron chi connectivity index (χ3n) is 12.2. The Morgan fingerprint density at radius 3 is 0.931 bits per heavy atom. The SMILES string of the molecule is CC/C=C\C/C=C\C/C=C\C/C=C\CCCCCCCCCCCCCCC(=O)OCC(COC(=O)CC/C=C\C/C=C\C/C=C\C/C=C\CC)OC(=O)CCCCCCC/C=C\C/C=C\CCCCCC. The lowest BCUT2D eigenvalue weighted by Gasteiger charge is -2.18. The molecule has 0 aliphatic carbocycles. The van der Waals surface area contributed by atoms with Crippen molar-refractivity contribution < 1.29 is 28.6 Å². The second kappa shape index (κ2) is 59.4. The monoisotopic (exact) mass is 997 g/mol. The Kier molecular flexibility index (Phi) is 55.9. The largest absolute Gasteiger partial charge is 0.462 e. The highest BCUT2D eigenvalue weighted by molar-refractivity contribution is 5.71. The standard InChI is InChI=1S/C66H108O6/c1-4-7-10-13-16-19-22-25-27-29-30-31-32-33-34-35-36-37-39-41-44-47-50-53-56-59-65(68)71-62-63(61-70-64(67)58-55-52-49-46-43-40-24-21-18-15-12-9-6-3)72-66(69)60-57-54-51-48-45-42-38-28-26-23-20-17-14-11-8-5-2/h7,9-10,12,16,18-21,23,25,27-28,30-31,38,40,43,49,52,63H,4-6,8,11,13-15,17,22,24,26,29,32-37,39,41-42,44-48,50-51,53-62H2,1-3H3/b10-7-,12-9-,19-16-,21-18-,23-20-,27-25-,31-30-,38-28-,43-40-,52-49-. The van der Waals surface area contributed by atoms with Crippen LogP contribution in [0.1, 0.15) is 258 Å². The molecule has 0 aliphatic heterocycles. The summed E-state index contributed by atoms with van der Waals surface area (Å²) in [7, 11) is 0. The van der Waals surface area contributed by atoms with Crippen LogP contribution in [-0.4, -0.2) is 37.2 Å². The minimum absolute atomic E-state index is 0.109. The lowest BCUT2D eigenvalue weighted by molar-refractivity contribution is -0.166. The molecule has 72 heavy (non-hydrogen) atoms. The van der Waals surface area contributed by atoms with Gasteiger partial charge in [0.2, 0.25) is 0 Å². The first-order chi connectivity index (χ1) is 35.5. The van der Waals surface area contributed by atoms with E-state index in [1.807, 2.05) is 12.2 Å². The number of unbranched alkanes of at least 4 members (excludes halogenated alkanes) is 21. The first kappa shape index (κ1) is 67.8. The molecule has 0 aromatic rings. The fourth-order valence-corrected chi connectivity index (χ4v) is 7.83. The van der Waals surface area contributed by atoms with Crippen molar-refractivity contribution >= 4 is 17.9 Å². The smallest absolute Gasteiger partial charge is 0.306 e. The van der Waals surface area contributed by atoms with Crippen LogP contribution in [0, 0.1) is 0 Å². The Hall–Kier alpha value is -4.19. The van der Waals surface area contributed by atoms with Gasteiger partial charge in [0.25, 0.3) is 0 Å². The van der Waals surface area contributed by atoms with Gasteiger partial charge < -0.3 is 14.2 Å². The van der Waals surface area contributed by atoms with E-state index in [0.717, 1.165) is 116 Å². The quantitative estimate of drug-likeness (QED) is 0.0261. The van der Waals surface area contributed by atoms with Gasteiger partial charge in [-0.2, -0.15) is 0 Å². The maximum absolute atomic E-state index is 12.8. The van der Waals surface area contributed by atoms with Crippen molar-refractivity contribution in [2.75, 3.05) is 13.2 Å². The van der Waals surface area contributed by atoms with Crippen molar-refractivity contribution in [3.63, 3.8) is 0 Å². The fourth-order valence-electron chi connectivity index (χ4n) is 7.83. The predicted molar refractivity (Wildman–Crippen MR) is 311 cm³/mol. The van der Waals surface area contributed by atoms with Crippen molar-refractivity contribution in [1.82, 2.24) is 0 Å². The summed E-state index contributed by atoms with van der Waals surface area (Å²) < 4.78 is 16.8. The van der Waals surface area contributed by atoms with E-state index in [9.17, 15) is 14.4 Å². The van der Waals surface area contributed by atoms with E-state index in [0.29, 0.717) is 19.3 Å². The molecule has 0 aromatic heterocycles. The molecule has 0 saturated heterocycles. The van der Waals surface area contributed by atoms with E-state index in [1.165, 1.54) is 96.3 Å². The third-order valence-corrected chi connectivity index (χ3v) is 12.2. The maximum atomic E-state index is 12.8. The van der Waals surface area contributed by atoms with Crippen LogP contribution in [0.3, 0.4) is 0 Å². The van der Waals surface area contributed by atoms with E-state index in [4.69, 9.17) is 14.2 Å². The average Bonchev–Trinajstić information content (AvgIpc) is 3.38. The van der Waals surface area contributed by atoms with Gasteiger partial charge in [0.05, 0.1) is 0 Å². The molecule has 0 heterocycles. The average molecular weight is 998 g/mol. The maximum Gasteiger partial charge on any atom is 0.306 e. The van der Waals surface area contributed by atoms with E-state index < -0.39 is 6.10 Å². The molecular weight excluding hydrogens is 889 g/mol. The van der Waals surface area contributed by atoms with Crippen LogP contribution in [-0.2, 0) is 28.6 Å². The van der Waals surface area contributed by atoms with Gasteiger partial charge >= 0.3 is 17.9 Å². The molecular formula is C66H108O6. The molecule has 0 saturated carbocycles. The van der Waals surface area contributed by atoms with Gasteiger partial charge in [0.15, 0.2) is 6.10 Å². The van der Waals surface area contributed by atoms with Gasteiger partial charge in [-0.15, -0.1) is 0 Å². The molecule has 0 aromatic carbocycles. The highest BCUT2D eigenvalue weighted by Gasteiger charge is 2.19. The van der Waals surface area contributed by atoms with E-state index in [-0.39, 0.29) is 37.5 Å². The minimum atomic E-state index is -0.818. The zero-order valence-corrected chi connectivity index (χ0v) is 46.7. The van der Waals surface area contributed by atoms with Gasteiger partial charge in [-0.05, 0) is 116 Å². The van der Waals surface area contributed by atoms with Crippen LogP contribution in [0.4, 0.5) is 0 Å². The number of rotatable bonds is 52. The van der Waals surface area contributed by atoms with Crippen LogP contribution < -0.4 is 0 Å². The van der Waals surface area contributed by atoms with Crippen LogP contribution in [0.5, 0.6) is 0 Å². The Balaban J connectivity index is 4.38. The number of hydrogen-bond acceptors (Lipinski definition) is 6. The number of carbonyl (C=O) groups excluding carboxylic acids is 3. The Labute approximate surface area is 443 Å². The summed E-state index contributed by atoms with van der Waals surface area (Å²) in [6, 6.07) is 0. The molecule has 0 spiro atoms. The van der Waals surface area contributed by atoms with E-state index in [2.05, 4.69) is 130 Å². The molecule has 408 valence electrons. The Morgan fingerprint density at radius 1 is 0.292 bits per heavy atom. The van der Waals surface area contributed by atoms with Crippen LogP contribution in [0.2, 0.25) is 0 Å². The summed E-state index contributed by atoms with van der Waals surface area (Å²) in [5.74, 6) is -1.01. The van der Waals surface area contributed by atoms with Crippen LogP contribution >= 0.6 is 0 Å². The Morgan fingerprint density at radius 2 is 0.569 bits per heavy atom. The van der Waals surface area contributed by atoms with Gasteiger partial charge in [-0.1, -0.05) is 245 Å². The van der Waals surface area contributed by atoms with E-state index >= 15 is 0 Å². The summed E-state index contributed by atoms with van der Waals surface area (Å²) in [5.41, 5.74) is 0. The third kappa shape index (κ3) is 56.7. The van der Waals surface area contributed by atoms with Gasteiger partial charge in [0.1, 0.15) is 13.2 Å². The summed E-state index contributed by atoms with van der Waals surface area (Å²) in [6.07, 6.45) is 82.1. The molecule has 6 nitrogen and oxygen atoms in total. The van der Waals surface area contributed by atoms with E-state index in [1.54, 1.807) is 0 Å².